The molecule has 0 heterocycles. The van der Waals surface area contributed by atoms with E-state index in [0.29, 0.717) is 6.42 Å². The number of carboxylic acid groups (broad SMARTS) is 1. The van der Waals surface area contributed by atoms with Gasteiger partial charge < -0.3 is 10.0 Å². The Kier molecular flexibility index (Phi) is 25.1. The van der Waals surface area contributed by atoms with Crippen molar-refractivity contribution in [3.63, 3.8) is 0 Å². The van der Waals surface area contributed by atoms with E-state index in [9.17, 15) is 4.79 Å². The van der Waals surface area contributed by atoms with Gasteiger partial charge in [0.05, 0.1) is 0 Å². The molecule has 0 aliphatic rings. The van der Waals surface area contributed by atoms with Crippen LogP contribution >= 0.6 is 0 Å². The van der Waals surface area contributed by atoms with Crippen molar-refractivity contribution in [2.24, 2.45) is 5.92 Å². The molecule has 0 rings (SSSR count). The highest BCUT2D eigenvalue weighted by Crippen LogP contribution is 2.22. The minimum Gasteiger partial charge on any atom is -0.481 e. The molecular weight excluding hydrogens is 406 g/mol. The molecule has 0 saturated heterocycles. The molecule has 0 saturated carbocycles. The normalized spacial score (nSPS) is 12.7. The number of allylic oxidation sites excluding steroid dienone is 2. The molecule has 196 valence electrons. The summed E-state index contributed by atoms with van der Waals surface area (Å²) in [6.07, 6.45) is 32.8. The molecule has 3 heteroatoms. The molecule has 0 spiro atoms. The Morgan fingerprint density at radius 1 is 0.667 bits per heavy atom. The fourth-order valence-corrected chi connectivity index (χ4v) is 4.62. The van der Waals surface area contributed by atoms with Gasteiger partial charge in [-0.3, -0.25) is 4.79 Å². The standard InChI is InChI=1S/C30H59NO2/c1-4-5-6-18-21-24-29(27-28-31(2)3)25-22-19-16-14-12-10-8-7-9-11-13-15-17-20-23-26-30(32)33/h7,9,29H,4-6,8,10-28H2,1-3H3,(H,32,33). The summed E-state index contributed by atoms with van der Waals surface area (Å²) in [5.41, 5.74) is 0. The van der Waals surface area contributed by atoms with Gasteiger partial charge in [0.2, 0.25) is 0 Å². The van der Waals surface area contributed by atoms with Gasteiger partial charge in [0.25, 0.3) is 0 Å². The lowest BCUT2D eigenvalue weighted by Crippen LogP contribution is -2.17. The van der Waals surface area contributed by atoms with Crippen molar-refractivity contribution in [1.82, 2.24) is 4.90 Å². The van der Waals surface area contributed by atoms with E-state index >= 15 is 0 Å². The van der Waals surface area contributed by atoms with Gasteiger partial charge >= 0.3 is 5.97 Å². The van der Waals surface area contributed by atoms with Crippen molar-refractivity contribution in [3.8, 4) is 0 Å². The summed E-state index contributed by atoms with van der Waals surface area (Å²) in [4.78, 5) is 12.8. The number of hydrogen-bond acceptors (Lipinski definition) is 2. The zero-order valence-corrected chi connectivity index (χ0v) is 22.8. The molecule has 1 atom stereocenters. The zero-order valence-electron chi connectivity index (χ0n) is 22.8. The lowest BCUT2D eigenvalue weighted by Gasteiger charge is -2.19. The van der Waals surface area contributed by atoms with Gasteiger partial charge in [-0.1, -0.05) is 115 Å². The van der Waals surface area contributed by atoms with Crippen LogP contribution in [0.1, 0.15) is 148 Å². The lowest BCUT2D eigenvalue weighted by atomic mass is 9.91. The van der Waals surface area contributed by atoms with Crippen LogP contribution in [0.2, 0.25) is 0 Å². The van der Waals surface area contributed by atoms with E-state index in [1.807, 2.05) is 0 Å². The molecule has 33 heavy (non-hydrogen) atoms. The number of carbonyl (C=O) groups is 1. The fraction of sp³-hybridized carbons (Fsp3) is 0.900. The highest BCUT2D eigenvalue weighted by molar-refractivity contribution is 5.66. The van der Waals surface area contributed by atoms with Gasteiger partial charge in [0, 0.05) is 6.42 Å². The Hall–Kier alpha value is -0.830. The second-order valence-corrected chi connectivity index (χ2v) is 10.5. The van der Waals surface area contributed by atoms with Crippen molar-refractivity contribution >= 4 is 5.97 Å². The average Bonchev–Trinajstić information content (AvgIpc) is 2.78. The van der Waals surface area contributed by atoms with Crippen LogP contribution in [-0.4, -0.2) is 36.6 Å². The molecule has 0 aromatic carbocycles. The van der Waals surface area contributed by atoms with Crippen molar-refractivity contribution in [1.29, 1.82) is 0 Å². The molecule has 0 amide bonds. The summed E-state index contributed by atoms with van der Waals surface area (Å²) in [6, 6.07) is 0. The summed E-state index contributed by atoms with van der Waals surface area (Å²) < 4.78 is 0. The number of aliphatic carboxylic acids is 1. The smallest absolute Gasteiger partial charge is 0.303 e. The molecule has 0 bridgehead atoms. The molecule has 0 aliphatic heterocycles. The summed E-state index contributed by atoms with van der Waals surface area (Å²) in [5.74, 6) is 0.287. The maximum atomic E-state index is 10.5. The zero-order chi connectivity index (χ0) is 24.4. The van der Waals surface area contributed by atoms with Crippen LogP contribution in [0, 0.1) is 5.92 Å². The summed E-state index contributed by atoms with van der Waals surface area (Å²) >= 11 is 0. The highest BCUT2D eigenvalue weighted by atomic mass is 16.4. The molecule has 1 unspecified atom stereocenters. The number of rotatable bonds is 26. The SMILES string of the molecule is CCCCCCCC(CCCCCCCCC=CCCCCCCCC(=O)O)CCN(C)C. The average molecular weight is 466 g/mol. The van der Waals surface area contributed by atoms with E-state index in [0.717, 1.165) is 18.8 Å². The van der Waals surface area contributed by atoms with E-state index in [1.54, 1.807) is 0 Å². The summed E-state index contributed by atoms with van der Waals surface area (Å²) in [5, 5.41) is 8.62. The topological polar surface area (TPSA) is 40.5 Å². The Balaban J connectivity index is 3.53. The first-order valence-electron chi connectivity index (χ1n) is 14.6. The van der Waals surface area contributed by atoms with E-state index in [1.165, 1.54) is 129 Å². The van der Waals surface area contributed by atoms with Gasteiger partial charge in [-0.2, -0.15) is 0 Å². The fourth-order valence-electron chi connectivity index (χ4n) is 4.62. The third-order valence-electron chi connectivity index (χ3n) is 6.86. The molecule has 0 aromatic rings. The predicted molar refractivity (Wildman–Crippen MR) is 146 cm³/mol. The minimum absolute atomic E-state index is 0.330. The van der Waals surface area contributed by atoms with E-state index in [-0.39, 0.29) is 0 Å². The van der Waals surface area contributed by atoms with E-state index in [2.05, 4.69) is 38.1 Å². The Morgan fingerprint density at radius 2 is 1.12 bits per heavy atom. The molecule has 0 aromatic heterocycles. The van der Waals surface area contributed by atoms with Gasteiger partial charge in [-0.15, -0.1) is 0 Å². The van der Waals surface area contributed by atoms with Crippen molar-refractivity contribution in [3.05, 3.63) is 12.2 Å². The number of hydrogen-bond donors (Lipinski definition) is 1. The van der Waals surface area contributed by atoms with E-state index in [4.69, 9.17) is 5.11 Å². The van der Waals surface area contributed by atoms with Crippen molar-refractivity contribution in [2.75, 3.05) is 20.6 Å². The first kappa shape index (κ1) is 32.2. The third kappa shape index (κ3) is 27.3. The lowest BCUT2D eigenvalue weighted by molar-refractivity contribution is -0.137. The van der Waals surface area contributed by atoms with Gasteiger partial charge in [-0.05, 0) is 65.1 Å². The minimum atomic E-state index is -0.661. The van der Waals surface area contributed by atoms with Crippen LogP contribution < -0.4 is 0 Å². The monoisotopic (exact) mass is 465 g/mol. The van der Waals surface area contributed by atoms with Crippen molar-refractivity contribution < 1.29 is 9.90 Å². The number of unbranched alkanes of at least 4 members (excludes halogenated alkanes) is 15. The quantitative estimate of drug-likeness (QED) is 0.102. The predicted octanol–water partition coefficient (Wildman–Crippen LogP) is 9.41. The molecule has 1 N–H and O–H groups in total. The summed E-state index contributed by atoms with van der Waals surface area (Å²) in [6.45, 7) is 3.55. The van der Waals surface area contributed by atoms with Crippen LogP contribution in [0.15, 0.2) is 12.2 Å². The maximum Gasteiger partial charge on any atom is 0.303 e. The Labute approximate surface area is 207 Å². The Bertz CT molecular complexity index is 433. The Morgan fingerprint density at radius 3 is 1.61 bits per heavy atom. The molecular formula is C30H59NO2. The largest absolute Gasteiger partial charge is 0.481 e. The highest BCUT2D eigenvalue weighted by Gasteiger charge is 2.09. The third-order valence-corrected chi connectivity index (χ3v) is 6.86. The molecule has 3 nitrogen and oxygen atoms in total. The number of carboxylic acids is 1. The second kappa shape index (κ2) is 25.8. The van der Waals surface area contributed by atoms with Gasteiger partial charge in [0.15, 0.2) is 0 Å². The second-order valence-electron chi connectivity index (χ2n) is 10.5. The van der Waals surface area contributed by atoms with Crippen LogP contribution in [0.3, 0.4) is 0 Å². The van der Waals surface area contributed by atoms with Crippen LogP contribution in [-0.2, 0) is 4.79 Å². The van der Waals surface area contributed by atoms with Gasteiger partial charge in [0.1, 0.15) is 0 Å². The molecule has 0 fully saturated rings. The van der Waals surface area contributed by atoms with Crippen LogP contribution in [0.25, 0.3) is 0 Å². The number of nitrogens with zero attached hydrogens (tertiary/aromatic N) is 1. The maximum absolute atomic E-state index is 10.5. The molecule has 0 radical (unpaired) electrons. The van der Waals surface area contributed by atoms with Gasteiger partial charge in [-0.25, -0.2) is 0 Å². The van der Waals surface area contributed by atoms with Crippen LogP contribution in [0.4, 0.5) is 0 Å². The van der Waals surface area contributed by atoms with E-state index < -0.39 is 5.97 Å². The first-order chi connectivity index (χ1) is 16.1. The summed E-state index contributed by atoms with van der Waals surface area (Å²) in [7, 11) is 4.42. The molecule has 0 aliphatic carbocycles. The first-order valence-corrected chi connectivity index (χ1v) is 14.6. The van der Waals surface area contributed by atoms with Crippen LogP contribution in [0.5, 0.6) is 0 Å². The van der Waals surface area contributed by atoms with Crippen molar-refractivity contribution in [2.45, 2.75) is 148 Å².